The summed E-state index contributed by atoms with van der Waals surface area (Å²) in [6.07, 6.45) is -0.349. The summed E-state index contributed by atoms with van der Waals surface area (Å²) in [7, 11) is -1.76. The van der Waals surface area contributed by atoms with Crippen molar-refractivity contribution in [3.63, 3.8) is 0 Å². The highest BCUT2D eigenvalue weighted by molar-refractivity contribution is 6.60. The number of amides is 1. The predicted octanol–water partition coefficient (Wildman–Crippen LogP) is -0.910. The summed E-state index contributed by atoms with van der Waals surface area (Å²) >= 11 is 0. The minimum absolute atomic E-state index is 0.0651. The third kappa shape index (κ3) is 3.31. The second kappa shape index (κ2) is 5.66. The fraction of sp³-hybridized carbons (Fsp3) is 0.100. The van der Waals surface area contributed by atoms with Gasteiger partial charge >= 0.3 is 7.12 Å². The van der Waals surface area contributed by atoms with Crippen molar-refractivity contribution >= 4 is 24.2 Å². The average molecular weight is 229 g/mol. The highest BCUT2D eigenvalue weighted by Gasteiger charge is 2.17. The van der Waals surface area contributed by atoms with E-state index < -0.39 is 13.0 Å². The molecule has 0 aliphatic rings. The fourth-order valence-corrected chi connectivity index (χ4v) is 1.23. The van der Waals surface area contributed by atoms with Gasteiger partial charge in [0, 0.05) is 11.2 Å². The predicted molar refractivity (Wildman–Crippen MR) is 59.8 cm³/mol. The fourth-order valence-electron chi connectivity index (χ4n) is 1.23. The second-order valence-corrected chi connectivity index (χ2v) is 3.17. The molecule has 0 unspecified atom stereocenters. The quantitative estimate of drug-likeness (QED) is 0.580. The second-order valence-electron chi connectivity index (χ2n) is 3.17. The Hall–Kier alpha value is -2.35. The summed E-state index contributed by atoms with van der Waals surface area (Å²) in [5.74, 6) is -0.579. The topological polar surface area (TPSA) is 117 Å². The number of benzene rings is 1. The molecule has 17 heavy (non-hydrogen) atoms. The normalized spacial score (nSPS) is 8.94. The van der Waals surface area contributed by atoms with Gasteiger partial charge in [-0.1, -0.05) is 6.07 Å². The van der Waals surface area contributed by atoms with E-state index in [0.717, 1.165) is 0 Å². The van der Waals surface area contributed by atoms with E-state index in [1.165, 1.54) is 18.2 Å². The zero-order valence-corrected chi connectivity index (χ0v) is 8.71. The monoisotopic (exact) mass is 229 g/mol. The van der Waals surface area contributed by atoms with E-state index in [9.17, 15) is 4.79 Å². The number of hydrogen-bond acceptors (Lipinski definition) is 5. The molecule has 1 amide bonds. The summed E-state index contributed by atoms with van der Waals surface area (Å²) in [6, 6.07) is 7.55. The van der Waals surface area contributed by atoms with Crippen LogP contribution in [0.3, 0.4) is 0 Å². The van der Waals surface area contributed by atoms with E-state index in [4.69, 9.17) is 20.6 Å². The van der Waals surface area contributed by atoms with Crippen LogP contribution in [0.5, 0.6) is 0 Å². The zero-order chi connectivity index (χ0) is 12.8. The van der Waals surface area contributed by atoms with Crippen molar-refractivity contribution in [1.29, 1.82) is 10.5 Å². The number of hydrogen-bond donors (Lipinski definition) is 3. The van der Waals surface area contributed by atoms with E-state index >= 15 is 0 Å². The van der Waals surface area contributed by atoms with Crippen LogP contribution in [0.25, 0.3) is 0 Å². The van der Waals surface area contributed by atoms with Crippen molar-refractivity contribution in [2.45, 2.75) is 6.42 Å². The average Bonchev–Trinajstić information content (AvgIpc) is 2.28. The summed E-state index contributed by atoms with van der Waals surface area (Å²) in [6.45, 7) is 0. The van der Waals surface area contributed by atoms with Crippen LogP contribution >= 0.6 is 0 Å². The van der Waals surface area contributed by atoms with E-state index in [1.54, 1.807) is 6.07 Å². The van der Waals surface area contributed by atoms with E-state index in [-0.39, 0.29) is 23.1 Å². The van der Waals surface area contributed by atoms with Gasteiger partial charge in [0.25, 0.3) is 0 Å². The molecule has 0 atom stereocenters. The number of nitrogens with one attached hydrogen (secondary N) is 1. The Morgan fingerprint density at radius 2 is 2.12 bits per heavy atom. The van der Waals surface area contributed by atoms with Gasteiger partial charge in [0.1, 0.15) is 6.42 Å². The van der Waals surface area contributed by atoms with Crippen LogP contribution in [0.4, 0.5) is 5.69 Å². The number of nitriles is 2. The van der Waals surface area contributed by atoms with E-state index in [1.807, 2.05) is 6.07 Å². The minimum Gasteiger partial charge on any atom is -0.423 e. The van der Waals surface area contributed by atoms with Crippen molar-refractivity contribution in [1.82, 2.24) is 0 Å². The molecule has 0 saturated heterocycles. The Morgan fingerprint density at radius 3 is 2.65 bits per heavy atom. The maximum Gasteiger partial charge on any atom is 0.490 e. The maximum atomic E-state index is 11.2. The summed E-state index contributed by atoms with van der Waals surface area (Å²) in [5, 5.41) is 37.5. The lowest BCUT2D eigenvalue weighted by Crippen LogP contribution is -2.33. The number of carbonyl (C=O) groups is 1. The first-order chi connectivity index (χ1) is 8.08. The van der Waals surface area contributed by atoms with Gasteiger partial charge in [-0.3, -0.25) is 4.79 Å². The molecular formula is C10H8BN3O3. The van der Waals surface area contributed by atoms with Crippen molar-refractivity contribution < 1.29 is 14.8 Å². The molecule has 0 bridgehead atoms. The van der Waals surface area contributed by atoms with Gasteiger partial charge in [0.2, 0.25) is 5.91 Å². The van der Waals surface area contributed by atoms with Gasteiger partial charge in [-0.05, 0) is 12.1 Å². The number of anilines is 1. The molecule has 0 spiro atoms. The number of carbonyl (C=O) groups excluding carboxylic acids is 1. The van der Waals surface area contributed by atoms with Gasteiger partial charge in [-0.2, -0.15) is 10.5 Å². The summed E-state index contributed by atoms with van der Waals surface area (Å²) in [5.41, 5.74) is 0.441. The van der Waals surface area contributed by atoms with Crippen LogP contribution in [-0.2, 0) is 4.79 Å². The van der Waals surface area contributed by atoms with Gasteiger partial charge in [0.05, 0.1) is 17.7 Å². The Balaban J connectivity index is 3.07. The molecule has 0 radical (unpaired) electrons. The lowest BCUT2D eigenvalue weighted by Gasteiger charge is -2.09. The Morgan fingerprint density at radius 1 is 1.41 bits per heavy atom. The third-order valence-corrected chi connectivity index (χ3v) is 1.97. The van der Waals surface area contributed by atoms with Gasteiger partial charge < -0.3 is 15.4 Å². The maximum absolute atomic E-state index is 11.2. The molecule has 0 saturated carbocycles. The van der Waals surface area contributed by atoms with Crippen LogP contribution in [0.2, 0.25) is 0 Å². The molecule has 1 aromatic rings. The molecule has 1 rings (SSSR count). The molecule has 84 valence electrons. The summed E-state index contributed by atoms with van der Waals surface area (Å²) in [4.78, 5) is 11.2. The first kappa shape index (κ1) is 12.7. The molecule has 0 aliphatic heterocycles. The standard InChI is InChI=1S/C10H8BN3O3/c12-4-3-10(15)14-9-5-7(6-13)1-2-8(9)11(16)17/h1-2,5,16-17H,3H2,(H,14,15). The van der Waals surface area contributed by atoms with Gasteiger partial charge in [-0.25, -0.2) is 0 Å². The first-order valence-electron chi connectivity index (χ1n) is 4.65. The lowest BCUT2D eigenvalue weighted by atomic mass is 9.78. The van der Waals surface area contributed by atoms with Gasteiger partial charge in [-0.15, -0.1) is 0 Å². The van der Waals surface area contributed by atoms with Crippen molar-refractivity contribution in [3.05, 3.63) is 23.8 Å². The summed E-state index contributed by atoms with van der Waals surface area (Å²) < 4.78 is 0. The number of nitrogens with zero attached hydrogens (tertiary/aromatic N) is 2. The van der Waals surface area contributed by atoms with Crippen LogP contribution in [0, 0.1) is 22.7 Å². The van der Waals surface area contributed by atoms with Crippen LogP contribution < -0.4 is 10.8 Å². The highest BCUT2D eigenvalue weighted by atomic mass is 16.4. The Bertz CT molecular complexity index is 517. The molecular weight excluding hydrogens is 221 g/mol. The molecule has 1 aromatic carbocycles. The molecule has 7 heteroatoms. The minimum atomic E-state index is -1.76. The van der Waals surface area contributed by atoms with Crippen LogP contribution in [0.15, 0.2) is 18.2 Å². The van der Waals surface area contributed by atoms with E-state index in [0.29, 0.717) is 0 Å². The van der Waals surface area contributed by atoms with Crippen molar-refractivity contribution in [3.8, 4) is 12.1 Å². The molecule has 0 aliphatic carbocycles. The third-order valence-electron chi connectivity index (χ3n) is 1.97. The highest BCUT2D eigenvalue weighted by Crippen LogP contribution is 2.08. The number of rotatable bonds is 3. The molecule has 0 aromatic heterocycles. The zero-order valence-electron chi connectivity index (χ0n) is 8.71. The van der Waals surface area contributed by atoms with Crippen molar-refractivity contribution in [2.75, 3.05) is 5.32 Å². The Labute approximate surface area is 97.9 Å². The van der Waals surface area contributed by atoms with Crippen LogP contribution in [-0.4, -0.2) is 23.1 Å². The molecule has 0 heterocycles. The van der Waals surface area contributed by atoms with Crippen molar-refractivity contribution in [2.24, 2.45) is 0 Å². The molecule has 6 nitrogen and oxygen atoms in total. The molecule has 3 N–H and O–H groups in total. The smallest absolute Gasteiger partial charge is 0.423 e. The van der Waals surface area contributed by atoms with E-state index in [2.05, 4.69) is 5.32 Å². The van der Waals surface area contributed by atoms with Crippen LogP contribution in [0.1, 0.15) is 12.0 Å². The largest absolute Gasteiger partial charge is 0.490 e. The first-order valence-corrected chi connectivity index (χ1v) is 4.65. The Kier molecular flexibility index (Phi) is 4.24. The lowest BCUT2D eigenvalue weighted by molar-refractivity contribution is -0.115. The van der Waals surface area contributed by atoms with Gasteiger partial charge in [0.15, 0.2) is 0 Å². The molecule has 0 fully saturated rings. The SMILES string of the molecule is N#CCC(=O)Nc1cc(C#N)ccc1B(O)O.